The number of hydrogen-bond acceptors (Lipinski definition) is 6. The summed E-state index contributed by atoms with van der Waals surface area (Å²) in [6.07, 6.45) is 7.71. The van der Waals surface area contributed by atoms with Crippen molar-refractivity contribution in [3.8, 4) is 0 Å². The molecule has 1 fully saturated rings. The van der Waals surface area contributed by atoms with Crippen molar-refractivity contribution in [1.29, 1.82) is 0 Å². The van der Waals surface area contributed by atoms with Crippen LogP contribution in [-0.4, -0.2) is 23.9 Å². The monoisotopic (exact) mass is 272 g/mol. The van der Waals surface area contributed by atoms with E-state index >= 15 is 0 Å². The van der Waals surface area contributed by atoms with Crippen molar-refractivity contribution in [2.24, 2.45) is 0 Å². The van der Waals surface area contributed by atoms with Crippen molar-refractivity contribution >= 4 is 28.5 Å². The number of imidazole rings is 1. The fourth-order valence-corrected chi connectivity index (χ4v) is 2.62. The van der Waals surface area contributed by atoms with Crippen molar-refractivity contribution in [3.63, 3.8) is 0 Å². The molecule has 4 rings (SSSR count). The Morgan fingerprint density at radius 1 is 1.32 bits per heavy atom. The molecule has 0 radical (unpaired) electrons. The molecule has 1 aliphatic carbocycles. The first kappa shape index (κ1) is 10.9. The van der Waals surface area contributed by atoms with Gasteiger partial charge in [-0.2, -0.15) is 0 Å². The molecule has 6 nitrogen and oxygen atoms in total. The average Bonchev–Trinajstić information content (AvgIpc) is 2.99. The minimum absolute atomic E-state index is 0.578. The third-order valence-corrected chi connectivity index (χ3v) is 3.96. The molecule has 0 unspecified atom stereocenters. The van der Waals surface area contributed by atoms with Gasteiger partial charge in [0.25, 0.3) is 0 Å². The van der Waals surface area contributed by atoms with Gasteiger partial charge >= 0.3 is 0 Å². The quantitative estimate of drug-likeness (QED) is 0.788. The molecule has 0 aromatic carbocycles. The van der Waals surface area contributed by atoms with Crippen LogP contribution in [0.15, 0.2) is 24.9 Å². The molecule has 0 atom stereocenters. The number of fused-ring (bicyclic) bond motifs is 1. The fourth-order valence-electron chi connectivity index (χ4n) is 2.11. The number of rotatable bonds is 4. The van der Waals surface area contributed by atoms with E-state index in [4.69, 9.17) is 0 Å². The maximum atomic E-state index is 4.44. The number of hydrogen-bond donors (Lipinski definition) is 1. The highest BCUT2D eigenvalue weighted by molar-refractivity contribution is 7.05. The van der Waals surface area contributed by atoms with Gasteiger partial charge in [0.05, 0.1) is 12.9 Å². The summed E-state index contributed by atoms with van der Waals surface area (Å²) in [5.41, 5.74) is 1.77. The van der Waals surface area contributed by atoms with Crippen LogP contribution in [0.2, 0.25) is 0 Å². The summed E-state index contributed by atoms with van der Waals surface area (Å²) in [5, 5.41) is 3.31. The van der Waals surface area contributed by atoms with Gasteiger partial charge in [0.15, 0.2) is 11.5 Å². The third-order valence-electron chi connectivity index (χ3n) is 3.22. The van der Waals surface area contributed by atoms with Crippen LogP contribution in [0.25, 0.3) is 11.2 Å². The molecule has 19 heavy (non-hydrogen) atoms. The zero-order valence-corrected chi connectivity index (χ0v) is 11.0. The van der Waals surface area contributed by atoms with E-state index in [0.29, 0.717) is 12.6 Å². The Hall–Kier alpha value is -2.02. The van der Waals surface area contributed by atoms with Gasteiger partial charge in [-0.3, -0.25) is 0 Å². The largest absolute Gasteiger partial charge is 0.363 e. The normalized spacial score (nSPS) is 14.9. The molecular weight excluding hydrogens is 260 g/mol. The summed E-state index contributed by atoms with van der Waals surface area (Å²) in [7, 11) is 0. The van der Waals surface area contributed by atoms with Crippen molar-refractivity contribution in [3.05, 3.63) is 29.8 Å². The van der Waals surface area contributed by atoms with Crippen LogP contribution < -0.4 is 5.32 Å². The zero-order valence-electron chi connectivity index (χ0n) is 10.2. The summed E-state index contributed by atoms with van der Waals surface area (Å²) in [4.78, 5) is 14.3. The third kappa shape index (κ3) is 1.95. The van der Waals surface area contributed by atoms with Gasteiger partial charge in [-0.25, -0.2) is 19.3 Å². The van der Waals surface area contributed by atoms with Gasteiger partial charge < -0.3 is 9.88 Å². The van der Waals surface area contributed by atoms with Crippen molar-refractivity contribution in [2.75, 3.05) is 5.32 Å². The molecule has 3 heterocycles. The highest BCUT2D eigenvalue weighted by Crippen LogP contribution is 2.37. The van der Waals surface area contributed by atoms with Crippen LogP contribution in [0.1, 0.15) is 23.8 Å². The molecule has 1 saturated carbocycles. The fraction of sp³-hybridized carbons (Fsp3) is 0.333. The molecule has 1 N–H and O–H groups in total. The van der Waals surface area contributed by atoms with Gasteiger partial charge in [0, 0.05) is 17.1 Å². The van der Waals surface area contributed by atoms with E-state index in [1.807, 2.05) is 12.4 Å². The topological polar surface area (TPSA) is 68.5 Å². The Labute approximate surface area is 113 Å². The Morgan fingerprint density at radius 2 is 2.26 bits per heavy atom. The predicted molar refractivity (Wildman–Crippen MR) is 73.0 cm³/mol. The number of anilines is 1. The Balaban J connectivity index is 1.66. The van der Waals surface area contributed by atoms with Crippen LogP contribution in [0.3, 0.4) is 0 Å². The van der Waals surface area contributed by atoms with Crippen molar-refractivity contribution < 1.29 is 0 Å². The number of nitrogens with one attached hydrogen (secondary N) is 1. The molecule has 0 spiro atoms. The van der Waals surface area contributed by atoms with Crippen molar-refractivity contribution in [1.82, 2.24) is 23.9 Å². The summed E-state index contributed by atoms with van der Waals surface area (Å²) in [6, 6.07) is 2.58. The highest BCUT2D eigenvalue weighted by Gasteiger charge is 2.26. The first-order chi connectivity index (χ1) is 9.42. The Morgan fingerprint density at radius 3 is 3.05 bits per heavy atom. The molecule has 0 aliphatic heterocycles. The zero-order chi connectivity index (χ0) is 12.7. The highest BCUT2D eigenvalue weighted by atomic mass is 32.1. The second-order valence-corrected chi connectivity index (χ2v) is 5.53. The number of nitrogens with zero attached hydrogens (tertiary/aromatic N) is 5. The maximum Gasteiger partial charge on any atom is 0.165 e. The minimum Gasteiger partial charge on any atom is -0.363 e. The lowest BCUT2D eigenvalue weighted by Gasteiger charge is -2.04. The van der Waals surface area contributed by atoms with Crippen LogP contribution in [-0.2, 0) is 6.54 Å². The molecule has 7 heteroatoms. The maximum absolute atomic E-state index is 4.44. The second-order valence-electron chi connectivity index (χ2n) is 4.61. The molecule has 0 amide bonds. The van der Waals surface area contributed by atoms with Gasteiger partial charge in [0.2, 0.25) is 0 Å². The molecular formula is C12H12N6S. The van der Waals surface area contributed by atoms with E-state index < -0.39 is 0 Å². The molecule has 96 valence electrons. The van der Waals surface area contributed by atoms with Crippen molar-refractivity contribution in [2.45, 2.75) is 25.4 Å². The summed E-state index contributed by atoms with van der Waals surface area (Å²) < 4.78 is 6.23. The van der Waals surface area contributed by atoms with Crippen LogP contribution >= 0.6 is 11.5 Å². The Bertz CT molecular complexity index is 700. The molecule has 0 bridgehead atoms. The second kappa shape index (κ2) is 4.27. The minimum atomic E-state index is 0.578. The first-order valence-electron chi connectivity index (χ1n) is 6.23. The van der Waals surface area contributed by atoms with Crippen LogP contribution in [0, 0.1) is 0 Å². The van der Waals surface area contributed by atoms with E-state index in [1.54, 1.807) is 12.5 Å². The molecule has 3 aromatic heterocycles. The van der Waals surface area contributed by atoms with Crippen LogP contribution in [0.5, 0.6) is 0 Å². The van der Waals surface area contributed by atoms with E-state index in [1.165, 1.54) is 29.3 Å². The number of aromatic nitrogens is 5. The van der Waals surface area contributed by atoms with E-state index in [9.17, 15) is 0 Å². The van der Waals surface area contributed by atoms with Gasteiger partial charge in [-0.05, 0) is 30.4 Å². The molecule has 0 saturated heterocycles. The van der Waals surface area contributed by atoms with E-state index in [0.717, 1.165) is 17.0 Å². The standard InChI is InChI=1S/C12H12N6S/c1-2-8(1)18-7-16-10-11(14-6-15-12(10)18)13-5-9-3-4-17-19-9/h3-4,6-8H,1-2,5H2,(H,13,14,15). The average molecular weight is 272 g/mol. The molecule has 3 aromatic rings. The van der Waals surface area contributed by atoms with Gasteiger partial charge in [-0.15, -0.1) is 0 Å². The van der Waals surface area contributed by atoms with E-state index in [-0.39, 0.29) is 0 Å². The summed E-state index contributed by atoms with van der Waals surface area (Å²) in [6.45, 7) is 0.715. The molecule has 1 aliphatic rings. The summed E-state index contributed by atoms with van der Waals surface area (Å²) >= 11 is 1.49. The lowest BCUT2D eigenvalue weighted by Crippen LogP contribution is -2.02. The van der Waals surface area contributed by atoms with Gasteiger partial charge in [0.1, 0.15) is 11.8 Å². The lowest BCUT2D eigenvalue weighted by atomic mass is 10.4. The lowest BCUT2D eigenvalue weighted by molar-refractivity contribution is 0.756. The van der Waals surface area contributed by atoms with Crippen LogP contribution in [0.4, 0.5) is 5.82 Å². The predicted octanol–water partition coefficient (Wildman–Crippen LogP) is 2.23. The van der Waals surface area contributed by atoms with E-state index in [2.05, 4.69) is 29.2 Å². The smallest absolute Gasteiger partial charge is 0.165 e. The first-order valence-corrected chi connectivity index (χ1v) is 7.00. The SMILES string of the molecule is c1cc(CNc2ncnc3c2ncn3C2CC2)sn1. The Kier molecular flexibility index (Phi) is 2.44. The summed E-state index contributed by atoms with van der Waals surface area (Å²) in [5.74, 6) is 0.790. The van der Waals surface area contributed by atoms with Gasteiger partial charge in [-0.1, -0.05) is 0 Å².